The first-order valence-electron chi connectivity index (χ1n) is 3.86. The summed E-state index contributed by atoms with van der Waals surface area (Å²) in [5, 5.41) is 12.8. The van der Waals surface area contributed by atoms with Crippen LogP contribution in [-0.4, -0.2) is 5.11 Å². The zero-order valence-electron chi connectivity index (χ0n) is 7.02. The summed E-state index contributed by atoms with van der Waals surface area (Å²) in [6.45, 7) is 0. The third-order valence-electron chi connectivity index (χ3n) is 1.87. The topological polar surface area (TPSA) is 86.7 Å². The van der Waals surface area contributed by atoms with Crippen molar-refractivity contribution in [2.75, 3.05) is 0 Å². The van der Waals surface area contributed by atoms with Gasteiger partial charge < -0.3 is 9.52 Å². The number of hydrogen-bond acceptors (Lipinski definition) is 5. The third kappa shape index (κ3) is 1.06. The second kappa shape index (κ2) is 2.95. The predicted molar refractivity (Wildman–Crippen MR) is 49.0 cm³/mol. The van der Waals surface area contributed by atoms with Crippen molar-refractivity contribution in [1.82, 2.24) is 0 Å². The lowest BCUT2D eigenvalue weighted by Crippen LogP contribution is -1.97. The van der Waals surface area contributed by atoms with Gasteiger partial charge in [0, 0.05) is 0 Å². The highest BCUT2D eigenvalue weighted by Crippen LogP contribution is 2.30. The van der Waals surface area contributed by atoms with Crippen molar-refractivity contribution in [2.24, 2.45) is 5.11 Å². The smallest absolute Gasteiger partial charge is 0.368 e. The molecule has 2 aromatic rings. The van der Waals surface area contributed by atoms with Crippen LogP contribution in [0.15, 0.2) is 38.6 Å². The van der Waals surface area contributed by atoms with Gasteiger partial charge in [-0.15, -0.1) is 5.11 Å². The summed E-state index contributed by atoms with van der Waals surface area (Å²) in [5.41, 5.74) is 5.80. The number of fused-ring (bicyclic) bond motifs is 1. The van der Waals surface area contributed by atoms with Crippen LogP contribution in [0.4, 0.5) is 5.69 Å². The molecule has 0 atom stereocenters. The van der Waals surface area contributed by atoms with E-state index in [1.54, 1.807) is 24.3 Å². The first-order valence-corrected chi connectivity index (χ1v) is 3.86. The van der Waals surface area contributed by atoms with Gasteiger partial charge in [0.25, 0.3) is 0 Å². The Morgan fingerprint density at radius 2 is 2.07 bits per heavy atom. The zero-order valence-corrected chi connectivity index (χ0v) is 7.02. The van der Waals surface area contributed by atoms with Crippen molar-refractivity contribution < 1.29 is 9.52 Å². The molecule has 1 aromatic carbocycles. The van der Waals surface area contributed by atoms with Gasteiger partial charge in [-0.05, 0) is 12.1 Å². The summed E-state index contributed by atoms with van der Waals surface area (Å²) in [5.74, 6) is -0.313. The number of nitrogens with zero attached hydrogens (tertiary/aromatic N) is 1. The molecule has 5 nitrogen and oxygen atoms in total. The van der Waals surface area contributed by atoms with Crippen molar-refractivity contribution in [3.8, 4) is 5.75 Å². The Balaban J connectivity index is 3.00. The highest BCUT2D eigenvalue weighted by molar-refractivity contribution is 5.86. The van der Waals surface area contributed by atoms with Gasteiger partial charge >= 0.3 is 5.63 Å². The standard InChI is InChI=1S/C9H6N2O3/c10-11-7-8(12)5-3-1-2-4-6(5)14-9(7)13/h1-4,10,12H. The van der Waals surface area contributed by atoms with E-state index in [1.165, 1.54) is 0 Å². The molecule has 1 heterocycles. The normalized spacial score (nSPS) is 10.3. The Morgan fingerprint density at radius 3 is 2.79 bits per heavy atom. The summed E-state index contributed by atoms with van der Waals surface area (Å²) >= 11 is 0. The predicted octanol–water partition coefficient (Wildman–Crippen LogP) is 2.16. The molecule has 0 bridgehead atoms. The average molecular weight is 190 g/mol. The minimum Gasteiger partial charge on any atom is -0.505 e. The van der Waals surface area contributed by atoms with E-state index in [1.807, 2.05) is 0 Å². The second-order valence-electron chi connectivity index (χ2n) is 2.69. The van der Waals surface area contributed by atoms with Gasteiger partial charge in [-0.25, -0.2) is 10.3 Å². The second-order valence-corrected chi connectivity index (χ2v) is 2.69. The van der Waals surface area contributed by atoms with Crippen molar-refractivity contribution in [2.45, 2.75) is 0 Å². The molecule has 2 N–H and O–H groups in total. The molecule has 14 heavy (non-hydrogen) atoms. The Labute approximate surface area is 78.1 Å². The first kappa shape index (κ1) is 8.43. The minimum absolute atomic E-state index is 0.280. The summed E-state index contributed by atoms with van der Waals surface area (Å²) < 4.78 is 4.84. The molecule has 0 fully saturated rings. The largest absolute Gasteiger partial charge is 0.505 e. The molecule has 70 valence electrons. The van der Waals surface area contributed by atoms with Crippen LogP contribution in [0.25, 0.3) is 11.0 Å². The van der Waals surface area contributed by atoms with Crippen molar-refractivity contribution in [3.05, 3.63) is 34.7 Å². The Bertz CT molecular complexity index is 559. The molecule has 0 spiro atoms. The quantitative estimate of drug-likeness (QED) is 0.533. The van der Waals surface area contributed by atoms with Gasteiger partial charge in [0.15, 0.2) is 5.75 Å². The monoisotopic (exact) mass is 190 g/mol. The minimum atomic E-state index is -0.809. The maximum atomic E-state index is 11.1. The van der Waals surface area contributed by atoms with Crippen LogP contribution in [0, 0.1) is 5.53 Å². The number of hydrogen-bond donors (Lipinski definition) is 2. The number of aromatic hydroxyl groups is 1. The molecule has 0 unspecified atom stereocenters. The molecular formula is C9H6N2O3. The van der Waals surface area contributed by atoms with Crippen molar-refractivity contribution in [1.29, 1.82) is 5.53 Å². The Morgan fingerprint density at radius 1 is 1.36 bits per heavy atom. The molecule has 0 saturated carbocycles. The van der Waals surface area contributed by atoms with Crippen molar-refractivity contribution >= 4 is 16.7 Å². The lowest BCUT2D eigenvalue weighted by atomic mass is 10.2. The third-order valence-corrected chi connectivity index (χ3v) is 1.87. The van der Waals surface area contributed by atoms with Gasteiger partial charge in [0.05, 0.1) is 5.39 Å². The maximum Gasteiger partial charge on any atom is 0.368 e. The van der Waals surface area contributed by atoms with E-state index >= 15 is 0 Å². The van der Waals surface area contributed by atoms with E-state index < -0.39 is 5.63 Å². The zero-order chi connectivity index (χ0) is 10.1. The summed E-state index contributed by atoms with van der Waals surface area (Å²) in [6, 6.07) is 6.52. The lowest BCUT2D eigenvalue weighted by Gasteiger charge is -2.00. The fourth-order valence-electron chi connectivity index (χ4n) is 1.22. The highest BCUT2D eigenvalue weighted by atomic mass is 16.4. The molecule has 0 saturated heterocycles. The molecule has 0 aliphatic carbocycles. The van der Waals surface area contributed by atoms with E-state index in [0.29, 0.717) is 5.39 Å². The summed E-state index contributed by atoms with van der Waals surface area (Å²) in [4.78, 5) is 11.1. The van der Waals surface area contributed by atoms with E-state index in [9.17, 15) is 9.90 Å². The highest BCUT2D eigenvalue weighted by Gasteiger charge is 2.11. The van der Waals surface area contributed by atoms with Crippen LogP contribution in [0.5, 0.6) is 5.75 Å². The molecule has 0 amide bonds. The molecular weight excluding hydrogens is 184 g/mol. The fraction of sp³-hybridized carbons (Fsp3) is 0. The average Bonchev–Trinajstić information content (AvgIpc) is 2.18. The maximum absolute atomic E-state index is 11.1. The van der Waals surface area contributed by atoms with Crippen LogP contribution in [0.2, 0.25) is 0 Å². The van der Waals surface area contributed by atoms with E-state index in [4.69, 9.17) is 9.95 Å². The van der Waals surface area contributed by atoms with Gasteiger partial charge in [0.2, 0.25) is 5.69 Å². The van der Waals surface area contributed by atoms with E-state index in [2.05, 4.69) is 5.11 Å². The number of nitrogens with one attached hydrogen (secondary N) is 1. The Kier molecular flexibility index (Phi) is 1.78. The molecule has 5 heteroatoms. The van der Waals surface area contributed by atoms with Crippen LogP contribution in [0.3, 0.4) is 0 Å². The molecule has 2 rings (SSSR count). The van der Waals surface area contributed by atoms with Crippen LogP contribution < -0.4 is 5.63 Å². The molecule has 0 radical (unpaired) electrons. The van der Waals surface area contributed by atoms with Crippen LogP contribution in [-0.2, 0) is 0 Å². The number of para-hydroxylation sites is 1. The molecule has 0 aliphatic heterocycles. The van der Waals surface area contributed by atoms with Crippen LogP contribution >= 0.6 is 0 Å². The summed E-state index contributed by atoms with van der Waals surface area (Å²) in [6.07, 6.45) is 0. The Hall–Kier alpha value is -2.17. The van der Waals surface area contributed by atoms with Crippen molar-refractivity contribution in [3.63, 3.8) is 0 Å². The van der Waals surface area contributed by atoms with E-state index in [-0.39, 0.29) is 17.0 Å². The molecule has 0 aliphatic rings. The SMILES string of the molecule is N=Nc1c(O)c2ccccc2oc1=O. The fourth-order valence-corrected chi connectivity index (χ4v) is 1.22. The van der Waals surface area contributed by atoms with Gasteiger partial charge in [-0.1, -0.05) is 12.1 Å². The van der Waals surface area contributed by atoms with Crippen LogP contribution in [0.1, 0.15) is 0 Å². The number of benzene rings is 1. The number of rotatable bonds is 1. The molecule has 1 aromatic heterocycles. The van der Waals surface area contributed by atoms with Gasteiger partial charge in [-0.3, -0.25) is 0 Å². The lowest BCUT2D eigenvalue weighted by molar-refractivity contribution is 0.469. The van der Waals surface area contributed by atoms with Gasteiger partial charge in [0.1, 0.15) is 5.58 Å². The first-order chi connectivity index (χ1) is 6.74. The van der Waals surface area contributed by atoms with E-state index in [0.717, 1.165) is 0 Å². The van der Waals surface area contributed by atoms with Gasteiger partial charge in [-0.2, -0.15) is 0 Å². The summed E-state index contributed by atoms with van der Waals surface area (Å²) in [7, 11) is 0.